The second-order valence-corrected chi connectivity index (χ2v) is 6.08. The highest BCUT2D eigenvalue weighted by Crippen LogP contribution is 2.33. The smallest absolute Gasteiger partial charge is 0.416 e. The van der Waals surface area contributed by atoms with Crippen LogP contribution in [0, 0.1) is 6.92 Å². The van der Waals surface area contributed by atoms with Crippen LogP contribution in [0.4, 0.5) is 30.6 Å². The Kier molecular flexibility index (Phi) is 5.62. The number of aliphatic carboxylic acids is 1. The maximum atomic E-state index is 13.0. The van der Waals surface area contributed by atoms with E-state index in [4.69, 9.17) is 5.11 Å². The van der Waals surface area contributed by atoms with E-state index in [0.717, 1.165) is 12.1 Å². The molecule has 0 amide bonds. The molecule has 0 aliphatic rings. The van der Waals surface area contributed by atoms with Gasteiger partial charge in [-0.1, -0.05) is 12.1 Å². The fraction of sp³-hybridized carbons (Fsp3) is 0.158. The van der Waals surface area contributed by atoms with E-state index in [0.29, 0.717) is 17.0 Å². The lowest BCUT2D eigenvalue weighted by molar-refractivity contribution is -0.137. The number of benzene rings is 1. The summed E-state index contributed by atoms with van der Waals surface area (Å²) in [6, 6.07) is 10.0. The highest BCUT2D eigenvalue weighted by Gasteiger charge is 2.30. The lowest BCUT2D eigenvalue weighted by Crippen LogP contribution is -2.15. The molecule has 0 aliphatic carbocycles. The Labute approximate surface area is 163 Å². The molecule has 150 valence electrons. The molecule has 29 heavy (non-hydrogen) atoms. The van der Waals surface area contributed by atoms with Crippen LogP contribution in [0.2, 0.25) is 0 Å². The van der Waals surface area contributed by atoms with Crippen LogP contribution in [0.1, 0.15) is 11.1 Å². The lowest BCUT2D eigenvalue weighted by Gasteiger charge is -2.14. The summed E-state index contributed by atoms with van der Waals surface area (Å²) in [6.07, 6.45) is -2.92. The van der Waals surface area contributed by atoms with Crippen molar-refractivity contribution in [3.63, 3.8) is 0 Å². The van der Waals surface area contributed by atoms with Crippen molar-refractivity contribution < 1.29 is 23.1 Å². The van der Waals surface area contributed by atoms with Gasteiger partial charge in [0.1, 0.15) is 12.4 Å². The van der Waals surface area contributed by atoms with E-state index in [9.17, 15) is 18.0 Å². The van der Waals surface area contributed by atoms with Crippen molar-refractivity contribution in [2.75, 3.05) is 17.2 Å². The predicted molar refractivity (Wildman–Crippen MR) is 101 cm³/mol. The van der Waals surface area contributed by atoms with E-state index in [1.165, 1.54) is 12.1 Å². The van der Waals surface area contributed by atoms with E-state index in [1.807, 2.05) is 0 Å². The molecule has 2 heterocycles. The lowest BCUT2D eigenvalue weighted by atomic mass is 10.1. The number of carboxylic acids is 1. The highest BCUT2D eigenvalue weighted by atomic mass is 19.4. The second-order valence-electron chi connectivity index (χ2n) is 6.08. The number of carboxylic acid groups (broad SMARTS) is 1. The number of halogens is 3. The SMILES string of the molecule is Cc1ccc(C(F)(F)F)cc1Nc1cc(-c2ccccn2)nc(NCC(=O)O)n1. The van der Waals surface area contributed by atoms with E-state index in [1.54, 1.807) is 31.3 Å². The van der Waals surface area contributed by atoms with Crippen molar-refractivity contribution in [2.24, 2.45) is 0 Å². The van der Waals surface area contributed by atoms with Crippen molar-refractivity contribution in [2.45, 2.75) is 13.1 Å². The maximum Gasteiger partial charge on any atom is 0.416 e. The zero-order chi connectivity index (χ0) is 21.0. The number of hydrogen-bond donors (Lipinski definition) is 3. The molecular weight excluding hydrogens is 387 g/mol. The number of alkyl halides is 3. The normalized spacial score (nSPS) is 11.2. The minimum Gasteiger partial charge on any atom is -0.480 e. The Bertz CT molecular complexity index is 1030. The van der Waals surface area contributed by atoms with Gasteiger partial charge in [0.05, 0.1) is 17.0 Å². The number of nitrogens with one attached hydrogen (secondary N) is 2. The fourth-order valence-electron chi connectivity index (χ4n) is 2.46. The standard InChI is InChI=1S/C19H16F3N5O2/c1-11-5-6-12(19(20,21)22)8-14(11)25-16-9-15(13-4-2-3-7-23-13)26-18(27-16)24-10-17(28)29/h2-9H,10H2,1H3,(H,28,29)(H2,24,25,26,27). The number of anilines is 3. The van der Waals surface area contributed by atoms with Gasteiger partial charge in [0.15, 0.2) is 0 Å². The van der Waals surface area contributed by atoms with Crippen molar-refractivity contribution in [1.29, 1.82) is 0 Å². The van der Waals surface area contributed by atoms with Crippen LogP contribution < -0.4 is 10.6 Å². The number of carbonyl (C=O) groups is 1. The van der Waals surface area contributed by atoms with Gasteiger partial charge >= 0.3 is 12.1 Å². The van der Waals surface area contributed by atoms with Gasteiger partial charge in [0.2, 0.25) is 5.95 Å². The van der Waals surface area contributed by atoms with Gasteiger partial charge in [-0.2, -0.15) is 18.2 Å². The van der Waals surface area contributed by atoms with Crippen LogP contribution in [0.25, 0.3) is 11.4 Å². The first-order chi connectivity index (χ1) is 13.7. The Morgan fingerprint density at radius 3 is 2.55 bits per heavy atom. The molecule has 0 bridgehead atoms. The number of aryl methyl sites for hydroxylation is 1. The summed E-state index contributed by atoms with van der Waals surface area (Å²) in [7, 11) is 0. The molecule has 0 unspecified atom stereocenters. The zero-order valence-electron chi connectivity index (χ0n) is 15.2. The van der Waals surface area contributed by atoms with Crippen molar-refractivity contribution in [3.05, 3.63) is 59.8 Å². The third-order valence-corrected chi connectivity index (χ3v) is 3.88. The first-order valence-corrected chi connectivity index (χ1v) is 8.43. The Morgan fingerprint density at radius 1 is 1.10 bits per heavy atom. The first-order valence-electron chi connectivity index (χ1n) is 8.43. The summed E-state index contributed by atoms with van der Waals surface area (Å²) in [5.41, 5.74) is 0.872. The molecule has 3 aromatic rings. The molecule has 2 aromatic heterocycles. The number of rotatable bonds is 6. The number of pyridine rings is 1. The van der Waals surface area contributed by atoms with Gasteiger partial charge in [-0.25, -0.2) is 4.98 Å². The molecule has 0 atom stereocenters. The highest BCUT2D eigenvalue weighted by molar-refractivity contribution is 5.73. The van der Waals surface area contributed by atoms with Crippen LogP contribution in [-0.2, 0) is 11.0 Å². The van der Waals surface area contributed by atoms with Crippen molar-refractivity contribution in [1.82, 2.24) is 15.0 Å². The van der Waals surface area contributed by atoms with E-state index >= 15 is 0 Å². The molecule has 0 saturated carbocycles. The fourth-order valence-corrected chi connectivity index (χ4v) is 2.46. The first kappa shape index (κ1) is 20.1. The topological polar surface area (TPSA) is 100 Å². The largest absolute Gasteiger partial charge is 0.480 e. The van der Waals surface area contributed by atoms with Gasteiger partial charge in [0, 0.05) is 18.0 Å². The summed E-state index contributed by atoms with van der Waals surface area (Å²) >= 11 is 0. The molecule has 1 aromatic carbocycles. The summed E-state index contributed by atoms with van der Waals surface area (Å²) in [4.78, 5) is 23.4. The van der Waals surface area contributed by atoms with E-state index in [2.05, 4.69) is 25.6 Å². The molecule has 0 spiro atoms. The molecule has 0 radical (unpaired) electrons. The molecular formula is C19H16F3N5O2. The van der Waals surface area contributed by atoms with Crippen molar-refractivity contribution >= 4 is 23.4 Å². The van der Waals surface area contributed by atoms with Gasteiger partial charge in [-0.05, 0) is 36.8 Å². The van der Waals surface area contributed by atoms with Gasteiger partial charge in [-0.3, -0.25) is 9.78 Å². The third-order valence-electron chi connectivity index (χ3n) is 3.88. The van der Waals surface area contributed by atoms with Gasteiger partial charge in [0.25, 0.3) is 0 Å². The van der Waals surface area contributed by atoms with Crippen LogP contribution in [0.15, 0.2) is 48.7 Å². The van der Waals surface area contributed by atoms with Crippen LogP contribution in [0.5, 0.6) is 0 Å². The molecule has 3 rings (SSSR count). The van der Waals surface area contributed by atoms with Crippen LogP contribution in [0.3, 0.4) is 0 Å². The van der Waals surface area contributed by atoms with Gasteiger partial charge in [-0.15, -0.1) is 0 Å². The number of hydrogen-bond acceptors (Lipinski definition) is 6. The Morgan fingerprint density at radius 2 is 1.90 bits per heavy atom. The molecule has 3 N–H and O–H groups in total. The zero-order valence-corrected chi connectivity index (χ0v) is 15.2. The quantitative estimate of drug-likeness (QED) is 0.570. The second kappa shape index (κ2) is 8.13. The Hall–Kier alpha value is -3.69. The van der Waals surface area contributed by atoms with E-state index < -0.39 is 24.3 Å². The van der Waals surface area contributed by atoms with Gasteiger partial charge < -0.3 is 15.7 Å². The third kappa shape index (κ3) is 5.18. The Balaban J connectivity index is 2.00. The minimum absolute atomic E-state index is 0.00248. The monoisotopic (exact) mass is 403 g/mol. The summed E-state index contributed by atoms with van der Waals surface area (Å²) in [6.45, 7) is 1.24. The molecule has 0 fully saturated rings. The summed E-state index contributed by atoms with van der Waals surface area (Å²) < 4.78 is 39.1. The molecule has 0 saturated heterocycles. The molecule has 10 heteroatoms. The number of aromatic nitrogens is 3. The van der Waals surface area contributed by atoms with E-state index in [-0.39, 0.29) is 17.5 Å². The average Bonchev–Trinajstić information content (AvgIpc) is 2.68. The van der Waals surface area contributed by atoms with Crippen molar-refractivity contribution in [3.8, 4) is 11.4 Å². The summed E-state index contributed by atoms with van der Waals surface area (Å²) in [5, 5.41) is 14.3. The summed E-state index contributed by atoms with van der Waals surface area (Å²) in [5.74, 6) is -0.918. The molecule has 7 nitrogen and oxygen atoms in total. The average molecular weight is 403 g/mol. The van der Waals surface area contributed by atoms with Crippen LogP contribution in [-0.4, -0.2) is 32.6 Å². The maximum absolute atomic E-state index is 13.0. The minimum atomic E-state index is -4.48. The van der Waals surface area contributed by atoms with Crippen LogP contribution >= 0.6 is 0 Å². The molecule has 0 aliphatic heterocycles. The number of nitrogens with zero attached hydrogens (tertiary/aromatic N) is 3. The predicted octanol–water partition coefficient (Wildman–Crippen LogP) is 4.11.